The SMILES string of the molecule is O=C1CC(c2cccc(COc3ccc(C(F)(F)F)cc3Cl)c2)N1. The van der Waals surface area contributed by atoms with E-state index in [1.54, 1.807) is 0 Å². The van der Waals surface area contributed by atoms with Gasteiger partial charge >= 0.3 is 6.18 Å². The summed E-state index contributed by atoms with van der Waals surface area (Å²) < 4.78 is 43.3. The van der Waals surface area contributed by atoms with E-state index in [0.717, 1.165) is 23.3 Å². The number of alkyl halides is 3. The molecule has 0 radical (unpaired) electrons. The highest BCUT2D eigenvalue weighted by molar-refractivity contribution is 6.32. The van der Waals surface area contributed by atoms with E-state index in [4.69, 9.17) is 16.3 Å². The third-order valence-electron chi connectivity index (χ3n) is 3.73. The van der Waals surface area contributed by atoms with Crippen LogP contribution < -0.4 is 10.1 Å². The van der Waals surface area contributed by atoms with Crippen molar-refractivity contribution < 1.29 is 22.7 Å². The Balaban J connectivity index is 1.68. The molecule has 1 unspecified atom stereocenters. The molecule has 3 rings (SSSR count). The highest BCUT2D eigenvalue weighted by atomic mass is 35.5. The zero-order valence-corrected chi connectivity index (χ0v) is 13.1. The number of carbonyl (C=O) groups is 1. The van der Waals surface area contributed by atoms with Gasteiger partial charge in [-0.15, -0.1) is 0 Å². The van der Waals surface area contributed by atoms with Crippen LogP contribution in [0.5, 0.6) is 5.75 Å². The molecule has 1 atom stereocenters. The number of ether oxygens (including phenoxy) is 1. The van der Waals surface area contributed by atoms with Crippen LogP contribution in [-0.2, 0) is 17.6 Å². The van der Waals surface area contributed by atoms with E-state index < -0.39 is 11.7 Å². The molecule has 2 aromatic rings. The van der Waals surface area contributed by atoms with E-state index in [-0.39, 0.29) is 29.3 Å². The minimum atomic E-state index is -4.44. The summed E-state index contributed by atoms with van der Waals surface area (Å²) in [4.78, 5) is 11.0. The molecule has 0 aliphatic carbocycles. The van der Waals surface area contributed by atoms with Gasteiger partial charge in [0.1, 0.15) is 12.4 Å². The van der Waals surface area contributed by atoms with E-state index in [0.29, 0.717) is 6.42 Å². The fourth-order valence-corrected chi connectivity index (χ4v) is 2.65. The van der Waals surface area contributed by atoms with Crippen molar-refractivity contribution in [3.8, 4) is 5.75 Å². The fraction of sp³-hybridized carbons (Fsp3) is 0.235. The van der Waals surface area contributed by atoms with Gasteiger partial charge in [0.2, 0.25) is 5.91 Å². The van der Waals surface area contributed by atoms with Crippen LogP contribution in [0.15, 0.2) is 42.5 Å². The van der Waals surface area contributed by atoms with Gasteiger partial charge in [-0.1, -0.05) is 35.9 Å². The first kappa shape index (κ1) is 16.6. The van der Waals surface area contributed by atoms with Gasteiger partial charge in [0.25, 0.3) is 0 Å². The van der Waals surface area contributed by atoms with Gasteiger partial charge in [0.05, 0.1) is 23.0 Å². The molecule has 0 spiro atoms. The molecule has 0 saturated carbocycles. The second kappa shape index (κ2) is 6.36. The molecule has 24 heavy (non-hydrogen) atoms. The summed E-state index contributed by atoms with van der Waals surface area (Å²) in [5.74, 6) is 0.199. The van der Waals surface area contributed by atoms with Crippen LogP contribution in [0.1, 0.15) is 29.2 Å². The van der Waals surface area contributed by atoms with E-state index in [1.807, 2.05) is 24.3 Å². The summed E-state index contributed by atoms with van der Waals surface area (Å²) in [5, 5.41) is 2.69. The van der Waals surface area contributed by atoms with Crippen LogP contribution in [0.2, 0.25) is 5.02 Å². The number of benzene rings is 2. The molecule has 1 aliphatic rings. The van der Waals surface area contributed by atoms with E-state index in [2.05, 4.69) is 5.32 Å². The molecule has 0 aromatic heterocycles. The molecule has 2 aromatic carbocycles. The van der Waals surface area contributed by atoms with Crippen molar-refractivity contribution in [3.05, 3.63) is 64.2 Å². The number of nitrogens with one attached hydrogen (secondary N) is 1. The predicted octanol–water partition coefficient (Wildman–Crippen LogP) is 4.50. The van der Waals surface area contributed by atoms with Crippen molar-refractivity contribution in [2.45, 2.75) is 25.2 Å². The van der Waals surface area contributed by atoms with Crippen molar-refractivity contribution in [1.82, 2.24) is 5.32 Å². The quantitative estimate of drug-likeness (QED) is 0.820. The molecule has 0 bridgehead atoms. The third kappa shape index (κ3) is 3.64. The number of hydrogen-bond acceptors (Lipinski definition) is 2. The van der Waals surface area contributed by atoms with Gasteiger partial charge in [0.15, 0.2) is 0 Å². The molecule has 126 valence electrons. The van der Waals surface area contributed by atoms with Gasteiger partial charge in [-0.25, -0.2) is 0 Å². The molecule has 1 amide bonds. The van der Waals surface area contributed by atoms with Crippen molar-refractivity contribution in [2.24, 2.45) is 0 Å². The van der Waals surface area contributed by atoms with Crippen LogP contribution in [0, 0.1) is 0 Å². The Morgan fingerprint density at radius 2 is 1.96 bits per heavy atom. The van der Waals surface area contributed by atoms with Crippen LogP contribution in [0.4, 0.5) is 13.2 Å². The Kier molecular flexibility index (Phi) is 4.41. The number of amides is 1. The largest absolute Gasteiger partial charge is 0.487 e. The third-order valence-corrected chi connectivity index (χ3v) is 4.03. The first-order valence-corrected chi connectivity index (χ1v) is 7.58. The minimum absolute atomic E-state index is 0.00658. The van der Waals surface area contributed by atoms with Crippen LogP contribution >= 0.6 is 11.6 Å². The Morgan fingerprint density at radius 3 is 2.58 bits per heavy atom. The molecule has 3 nitrogen and oxygen atoms in total. The van der Waals surface area contributed by atoms with E-state index in [9.17, 15) is 18.0 Å². The molecule has 1 aliphatic heterocycles. The van der Waals surface area contributed by atoms with Crippen molar-refractivity contribution >= 4 is 17.5 Å². The molecule has 7 heteroatoms. The van der Waals surface area contributed by atoms with Gasteiger partial charge < -0.3 is 10.1 Å². The topological polar surface area (TPSA) is 38.3 Å². The second-order valence-corrected chi connectivity index (χ2v) is 5.91. The first-order chi connectivity index (χ1) is 11.3. The van der Waals surface area contributed by atoms with Crippen molar-refractivity contribution in [2.75, 3.05) is 0 Å². The number of rotatable bonds is 4. The summed E-state index contributed by atoms with van der Waals surface area (Å²) in [6.07, 6.45) is -3.99. The number of carbonyl (C=O) groups excluding carboxylic acids is 1. The highest BCUT2D eigenvalue weighted by Gasteiger charge is 2.31. The molecular weight excluding hydrogens is 343 g/mol. The summed E-state index contributed by atoms with van der Waals surface area (Å²) in [6.45, 7) is 0.166. The maximum Gasteiger partial charge on any atom is 0.416 e. The van der Waals surface area contributed by atoms with Crippen LogP contribution in [-0.4, -0.2) is 5.91 Å². The van der Waals surface area contributed by atoms with Gasteiger partial charge in [-0.3, -0.25) is 4.79 Å². The maximum absolute atomic E-state index is 12.6. The molecule has 1 N–H and O–H groups in total. The van der Waals surface area contributed by atoms with Crippen LogP contribution in [0.25, 0.3) is 0 Å². The monoisotopic (exact) mass is 355 g/mol. The summed E-state index contributed by atoms with van der Waals surface area (Å²) in [6, 6.07) is 10.5. The number of hydrogen-bond donors (Lipinski definition) is 1. The summed E-state index contributed by atoms with van der Waals surface area (Å²) >= 11 is 5.86. The lowest BCUT2D eigenvalue weighted by Gasteiger charge is -2.27. The lowest BCUT2D eigenvalue weighted by molar-refractivity contribution is -0.137. The van der Waals surface area contributed by atoms with Crippen molar-refractivity contribution in [3.63, 3.8) is 0 Å². The predicted molar refractivity (Wildman–Crippen MR) is 82.7 cm³/mol. The van der Waals surface area contributed by atoms with Gasteiger partial charge in [-0.05, 0) is 29.3 Å². The molecular formula is C17H13ClF3NO2. The normalized spacial score (nSPS) is 17.2. The first-order valence-electron chi connectivity index (χ1n) is 7.20. The summed E-state index contributed by atoms with van der Waals surface area (Å²) in [7, 11) is 0. The Bertz CT molecular complexity index is 769. The number of β-lactam (4-membered cyclic amide) rings is 1. The molecule has 1 fully saturated rings. The average molecular weight is 356 g/mol. The Morgan fingerprint density at radius 1 is 1.21 bits per heavy atom. The van der Waals surface area contributed by atoms with E-state index in [1.165, 1.54) is 6.07 Å². The fourth-order valence-electron chi connectivity index (χ4n) is 2.41. The Labute approximate surface area is 141 Å². The maximum atomic E-state index is 12.6. The zero-order chi connectivity index (χ0) is 17.3. The average Bonchev–Trinajstić information content (AvgIpc) is 2.50. The van der Waals surface area contributed by atoms with Gasteiger partial charge in [-0.2, -0.15) is 13.2 Å². The van der Waals surface area contributed by atoms with Crippen molar-refractivity contribution in [1.29, 1.82) is 0 Å². The molecule has 1 saturated heterocycles. The zero-order valence-electron chi connectivity index (χ0n) is 12.4. The van der Waals surface area contributed by atoms with Gasteiger partial charge in [0, 0.05) is 0 Å². The second-order valence-electron chi connectivity index (χ2n) is 5.50. The smallest absolute Gasteiger partial charge is 0.416 e. The lowest BCUT2D eigenvalue weighted by Crippen LogP contribution is -2.41. The Hall–Kier alpha value is -2.21. The minimum Gasteiger partial charge on any atom is -0.487 e. The standard InChI is InChI=1S/C17H13ClF3NO2/c18-13-7-12(17(19,20)21)4-5-15(13)24-9-10-2-1-3-11(6-10)14-8-16(23)22-14/h1-7,14H,8-9H2,(H,22,23). The molecule has 1 heterocycles. The lowest BCUT2D eigenvalue weighted by atomic mass is 9.96. The number of halogens is 4. The van der Waals surface area contributed by atoms with Crippen LogP contribution in [0.3, 0.4) is 0 Å². The highest BCUT2D eigenvalue weighted by Crippen LogP contribution is 2.35. The van der Waals surface area contributed by atoms with E-state index >= 15 is 0 Å². The summed E-state index contributed by atoms with van der Waals surface area (Å²) in [5.41, 5.74) is 0.987.